The van der Waals surface area contributed by atoms with Crippen molar-refractivity contribution in [3.05, 3.63) is 0 Å². The number of carbonyl (C=O) groups excluding carboxylic acids is 1. The van der Waals surface area contributed by atoms with Crippen molar-refractivity contribution in [2.45, 2.75) is 26.3 Å². The highest BCUT2D eigenvalue weighted by atomic mass is 19.1. The molecule has 0 aliphatic carbocycles. The Labute approximate surface area is 76.1 Å². The maximum atomic E-state index is 11.7. The maximum Gasteiger partial charge on any atom is 0.326 e. The van der Waals surface area contributed by atoms with E-state index in [-0.39, 0.29) is 5.92 Å². The molecule has 0 aliphatic rings. The van der Waals surface area contributed by atoms with Crippen molar-refractivity contribution < 1.29 is 19.1 Å². The molecule has 0 aromatic carbocycles. The molecular weight excluding hydrogens is 177 g/mol. The van der Waals surface area contributed by atoms with Crippen molar-refractivity contribution in [2.24, 2.45) is 5.92 Å². The first-order chi connectivity index (χ1) is 5.97. The van der Waals surface area contributed by atoms with E-state index in [1.54, 1.807) is 0 Å². The summed E-state index contributed by atoms with van der Waals surface area (Å²) in [6.07, 6.45) is 0.307. The molecule has 76 valence electrons. The number of aliphatic carboxylic acids is 1. The largest absolute Gasteiger partial charge is 0.480 e. The summed E-state index contributed by atoms with van der Waals surface area (Å²) in [7, 11) is 0. The third-order valence-corrected chi connectivity index (χ3v) is 1.46. The van der Waals surface area contributed by atoms with E-state index in [2.05, 4.69) is 5.32 Å². The van der Waals surface area contributed by atoms with Gasteiger partial charge in [0.2, 0.25) is 0 Å². The molecule has 13 heavy (non-hydrogen) atoms. The number of rotatable bonds is 5. The zero-order valence-corrected chi connectivity index (χ0v) is 7.71. The van der Waals surface area contributed by atoms with Gasteiger partial charge in [0.25, 0.3) is 5.91 Å². The summed E-state index contributed by atoms with van der Waals surface area (Å²) in [5.41, 5.74) is 0. The van der Waals surface area contributed by atoms with Crippen molar-refractivity contribution in [2.75, 3.05) is 6.67 Å². The number of carbonyl (C=O) groups is 2. The van der Waals surface area contributed by atoms with E-state index in [1.807, 2.05) is 13.8 Å². The van der Waals surface area contributed by atoms with Gasteiger partial charge in [0.1, 0.15) is 6.04 Å². The average molecular weight is 191 g/mol. The van der Waals surface area contributed by atoms with Crippen LogP contribution in [-0.2, 0) is 9.59 Å². The number of alkyl halides is 1. The summed E-state index contributed by atoms with van der Waals surface area (Å²) in [5, 5.41) is 10.7. The lowest BCUT2D eigenvalue weighted by molar-refractivity contribution is -0.142. The number of amides is 1. The highest BCUT2D eigenvalue weighted by Crippen LogP contribution is 2.04. The molecule has 0 saturated heterocycles. The number of hydrogen-bond donors (Lipinski definition) is 2. The van der Waals surface area contributed by atoms with Gasteiger partial charge in [0.05, 0.1) is 0 Å². The first-order valence-corrected chi connectivity index (χ1v) is 4.05. The second kappa shape index (κ2) is 5.50. The molecule has 0 aromatic heterocycles. The van der Waals surface area contributed by atoms with Gasteiger partial charge in [-0.15, -0.1) is 0 Å². The Kier molecular flexibility index (Phi) is 5.03. The smallest absolute Gasteiger partial charge is 0.326 e. The Balaban J connectivity index is 4.10. The van der Waals surface area contributed by atoms with E-state index in [1.165, 1.54) is 0 Å². The lowest BCUT2D eigenvalue weighted by Crippen LogP contribution is -2.42. The number of halogens is 1. The van der Waals surface area contributed by atoms with Crippen molar-refractivity contribution >= 4 is 11.9 Å². The van der Waals surface area contributed by atoms with Crippen LogP contribution in [0.25, 0.3) is 0 Å². The van der Waals surface area contributed by atoms with E-state index in [0.717, 1.165) is 0 Å². The Hall–Kier alpha value is -1.13. The van der Waals surface area contributed by atoms with Crippen LogP contribution < -0.4 is 5.32 Å². The van der Waals surface area contributed by atoms with Crippen LogP contribution in [0.15, 0.2) is 0 Å². The van der Waals surface area contributed by atoms with E-state index in [9.17, 15) is 14.0 Å². The van der Waals surface area contributed by atoms with Gasteiger partial charge in [-0.05, 0) is 12.3 Å². The van der Waals surface area contributed by atoms with Gasteiger partial charge in [-0.1, -0.05) is 13.8 Å². The topological polar surface area (TPSA) is 66.4 Å². The summed E-state index contributed by atoms with van der Waals surface area (Å²) >= 11 is 0. The zero-order valence-electron chi connectivity index (χ0n) is 7.71. The zero-order chi connectivity index (χ0) is 10.4. The molecule has 0 fully saturated rings. The quantitative estimate of drug-likeness (QED) is 0.667. The van der Waals surface area contributed by atoms with Crippen LogP contribution in [0.3, 0.4) is 0 Å². The fourth-order valence-corrected chi connectivity index (χ4v) is 0.926. The second-order valence-corrected chi connectivity index (χ2v) is 3.22. The molecular formula is C8H14FNO3. The van der Waals surface area contributed by atoms with E-state index in [4.69, 9.17) is 5.11 Å². The standard InChI is InChI=1S/C8H14FNO3/c1-5(2)3-6(8(12)13)10-7(11)4-9/h5-6H,3-4H2,1-2H3,(H,10,11)(H,12,13)/t6-/m0/s1. The molecule has 0 bridgehead atoms. The Morgan fingerprint density at radius 2 is 2.00 bits per heavy atom. The van der Waals surface area contributed by atoms with Crippen LogP contribution in [-0.4, -0.2) is 29.7 Å². The number of nitrogens with one attached hydrogen (secondary N) is 1. The van der Waals surface area contributed by atoms with E-state index < -0.39 is 24.6 Å². The van der Waals surface area contributed by atoms with E-state index in [0.29, 0.717) is 6.42 Å². The molecule has 0 aliphatic heterocycles. The molecule has 1 amide bonds. The van der Waals surface area contributed by atoms with E-state index >= 15 is 0 Å². The van der Waals surface area contributed by atoms with Gasteiger partial charge >= 0.3 is 5.97 Å². The SMILES string of the molecule is CC(C)C[C@H](NC(=O)CF)C(=O)O. The Morgan fingerprint density at radius 1 is 1.46 bits per heavy atom. The molecule has 0 unspecified atom stereocenters. The van der Waals surface area contributed by atoms with Gasteiger partial charge < -0.3 is 10.4 Å². The summed E-state index contributed by atoms with van der Waals surface area (Å²) in [6.45, 7) is 2.48. The molecule has 0 spiro atoms. The summed E-state index contributed by atoms with van der Waals surface area (Å²) < 4.78 is 11.7. The van der Waals surface area contributed by atoms with Gasteiger partial charge in [0, 0.05) is 0 Å². The van der Waals surface area contributed by atoms with Crippen LogP contribution >= 0.6 is 0 Å². The first-order valence-electron chi connectivity index (χ1n) is 4.05. The lowest BCUT2D eigenvalue weighted by Gasteiger charge is -2.15. The molecule has 0 aromatic rings. The first kappa shape index (κ1) is 11.9. The molecule has 0 rings (SSSR count). The van der Waals surface area contributed by atoms with Crippen LogP contribution in [0.5, 0.6) is 0 Å². The van der Waals surface area contributed by atoms with Crippen LogP contribution in [0.4, 0.5) is 4.39 Å². The molecule has 0 heterocycles. The fourth-order valence-electron chi connectivity index (χ4n) is 0.926. The Morgan fingerprint density at radius 3 is 2.31 bits per heavy atom. The normalized spacial score (nSPS) is 12.6. The minimum absolute atomic E-state index is 0.140. The minimum Gasteiger partial charge on any atom is -0.480 e. The van der Waals surface area contributed by atoms with Gasteiger partial charge in [-0.2, -0.15) is 0 Å². The van der Waals surface area contributed by atoms with Crippen LogP contribution in [0, 0.1) is 5.92 Å². The predicted octanol–water partition coefficient (Wildman–Crippen LogP) is 0.571. The van der Waals surface area contributed by atoms with Gasteiger partial charge in [0.15, 0.2) is 6.67 Å². The molecule has 1 atom stereocenters. The fraction of sp³-hybridized carbons (Fsp3) is 0.750. The lowest BCUT2D eigenvalue weighted by atomic mass is 10.0. The van der Waals surface area contributed by atoms with Crippen molar-refractivity contribution in [3.8, 4) is 0 Å². The number of hydrogen-bond acceptors (Lipinski definition) is 2. The van der Waals surface area contributed by atoms with Crippen LogP contribution in [0.1, 0.15) is 20.3 Å². The highest BCUT2D eigenvalue weighted by Gasteiger charge is 2.20. The van der Waals surface area contributed by atoms with Crippen molar-refractivity contribution in [3.63, 3.8) is 0 Å². The predicted molar refractivity (Wildman–Crippen MR) is 45.0 cm³/mol. The summed E-state index contributed by atoms with van der Waals surface area (Å²) in [6, 6.07) is -0.983. The number of carboxylic acid groups (broad SMARTS) is 1. The summed E-state index contributed by atoms with van der Waals surface area (Å²) in [4.78, 5) is 21.1. The summed E-state index contributed by atoms with van der Waals surface area (Å²) in [5.74, 6) is -1.87. The van der Waals surface area contributed by atoms with Crippen molar-refractivity contribution in [1.29, 1.82) is 0 Å². The molecule has 0 saturated carbocycles. The van der Waals surface area contributed by atoms with Gasteiger partial charge in [-0.25, -0.2) is 9.18 Å². The number of carboxylic acids is 1. The molecule has 0 radical (unpaired) electrons. The highest BCUT2D eigenvalue weighted by molar-refractivity contribution is 5.84. The molecule has 2 N–H and O–H groups in total. The third kappa shape index (κ3) is 5.16. The van der Waals surface area contributed by atoms with Crippen LogP contribution in [0.2, 0.25) is 0 Å². The van der Waals surface area contributed by atoms with Gasteiger partial charge in [-0.3, -0.25) is 4.79 Å². The second-order valence-electron chi connectivity index (χ2n) is 3.22. The average Bonchev–Trinajstić information content (AvgIpc) is 2.02. The third-order valence-electron chi connectivity index (χ3n) is 1.46. The Bertz CT molecular complexity index is 194. The minimum atomic E-state index is -1.18. The molecule has 4 nitrogen and oxygen atoms in total. The van der Waals surface area contributed by atoms with Crippen molar-refractivity contribution in [1.82, 2.24) is 5.32 Å². The maximum absolute atomic E-state index is 11.7. The molecule has 5 heteroatoms. The monoisotopic (exact) mass is 191 g/mol.